The molecule has 4 rings (SSSR count). The summed E-state index contributed by atoms with van der Waals surface area (Å²) in [4.78, 5) is 36.1. The molecular weight excluding hydrogens is 424 g/mol. The molecule has 4 atom stereocenters. The van der Waals surface area contributed by atoms with Gasteiger partial charge in [-0.2, -0.15) is 0 Å². The van der Waals surface area contributed by atoms with Crippen molar-refractivity contribution < 1.29 is 14.3 Å². The molecule has 8 heteroatoms. The van der Waals surface area contributed by atoms with Crippen molar-refractivity contribution in [1.29, 1.82) is 0 Å². The second kappa shape index (κ2) is 10.7. The Morgan fingerprint density at radius 3 is 2.84 bits per heavy atom. The highest BCUT2D eigenvalue weighted by atomic mass is 32.1. The number of nitrogens with zero attached hydrogens (tertiary/aromatic N) is 3. The first-order chi connectivity index (χ1) is 15.5. The second-order valence-corrected chi connectivity index (χ2v) is 10.6. The Morgan fingerprint density at radius 1 is 1.22 bits per heavy atom. The lowest BCUT2D eigenvalue weighted by atomic mass is 9.94. The predicted molar refractivity (Wildman–Crippen MR) is 126 cm³/mol. The number of amidine groups is 1. The van der Waals surface area contributed by atoms with E-state index in [1.54, 1.807) is 11.3 Å². The van der Waals surface area contributed by atoms with Crippen LogP contribution in [0.4, 0.5) is 0 Å². The second-order valence-electron chi connectivity index (χ2n) is 9.60. The fraction of sp³-hybridized carbons (Fsp3) is 0.708. The van der Waals surface area contributed by atoms with Crippen molar-refractivity contribution in [2.24, 2.45) is 16.8 Å². The van der Waals surface area contributed by atoms with E-state index in [4.69, 9.17) is 4.74 Å². The zero-order chi connectivity index (χ0) is 22.5. The van der Waals surface area contributed by atoms with Gasteiger partial charge in [-0.3, -0.25) is 9.59 Å². The molecule has 2 aliphatic heterocycles. The van der Waals surface area contributed by atoms with Gasteiger partial charge in [0.05, 0.1) is 19.1 Å². The molecule has 32 heavy (non-hydrogen) atoms. The molecule has 176 valence electrons. The molecule has 2 fully saturated rings. The number of hydrogen-bond acceptors (Lipinski definition) is 6. The van der Waals surface area contributed by atoms with Gasteiger partial charge in [-0.15, -0.1) is 11.3 Å². The number of amides is 2. The van der Waals surface area contributed by atoms with E-state index in [-0.39, 0.29) is 17.9 Å². The van der Waals surface area contributed by atoms with Crippen LogP contribution in [-0.4, -0.2) is 66.0 Å². The summed E-state index contributed by atoms with van der Waals surface area (Å²) < 4.78 is 5.74. The smallest absolute Gasteiger partial charge is 0.287 e. The van der Waals surface area contributed by atoms with E-state index in [1.807, 2.05) is 34.2 Å². The summed E-state index contributed by atoms with van der Waals surface area (Å²) in [6, 6.07) is 4.21. The van der Waals surface area contributed by atoms with Crippen LogP contribution in [-0.2, 0) is 20.9 Å². The predicted octanol–water partition coefficient (Wildman–Crippen LogP) is 3.26. The Morgan fingerprint density at radius 2 is 2.09 bits per heavy atom. The molecule has 1 aromatic heterocycles. The lowest BCUT2D eigenvalue weighted by Gasteiger charge is -2.41. The molecule has 1 aliphatic carbocycles. The van der Waals surface area contributed by atoms with Crippen molar-refractivity contribution in [3.05, 3.63) is 22.4 Å². The minimum Gasteiger partial charge on any atom is -0.463 e. The topological polar surface area (TPSA) is 74.2 Å². The SMILES string of the molecule is C[C@@H]1CCC[C@@H](CC(=O)N2CCN(C3=N[C@@H](C)CO3)C[C@H]2C(=O)NCc2cccs2)CC1. The third-order valence-electron chi connectivity index (χ3n) is 6.92. The lowest BCUT2D eigenvalue weighted by Crippen LogP contribution is -2.61. The van der Waals surface area contributed by atoms with Gasteiger partial charge in [-0.1, -0.05) is 32.3 Å². The number of ether oxygens (including phenoxy) is 1. The Labute approximate surface area is 195 Å². The lowest BCUT2D eigenvalue weighted by molar-refractivity contribution is -0.144. The van der Waals surface area contributed by atoms with E-state index in [0.717, 1.165) is 23.6 Å². The number of thiophene rings is 1. The molecule has 3 aliphatic rings. The van der Waals surface area contributed by atoms with Gasteiger partial charge in [0.2, 0.25) is 11.8 Å². The number of rotatable bonds is 5. The number of carbonyl (C=O) groups excluding carboxylic acids is 2. The molecule has 1 N–H and O–H groups in total. The van der Waals surface area contributed by atoms with Crippen molar-refractivity contribution in [3.63, 3.8) is 0 Å². The average molecular weight is 461 g/mol. The Kier molecular flexibility index (Phi) is 7.71. The van der Waals surface area contributed by atoms with Crippen LogP contribution in [0.25, 0.3) is 0 Å². The molecule has 1 saturated heterocycles. The van der Waals surface area contributed by atoms with Crippen LogP contribution in [0, 0.1) is 11.8 Å². The Hall–Kier alpha value is -2.09. The van der Waals surface area contributed by atoms with E-state index < -0.39 is 6.04 Å². The number of carbonyl (C=O) groups is 2. The van der Waals surface area contributed by atoms with Gasteiger partial charge in [-0.25, -0.2) is 4.99 Å². The maximum absolute atomic E-state index is 13.4. The van der Waals surface area contributed by atoms with Crippen molar-refractivity contribution in [1.82, 2.24) is 15.1 Å². The van der Waals surface area contributed by atoms with Crippen LogP contribution in [0.15, 0.2) is 22.5 Å². The van der Waals surface area contributed by atoms with Gasteiger partial charge >= 0.3 is 0 Å². The van der Waals surface area contributed by atoms with E-state index in [9.17, 15) is 9.59 Å². The fourth-order valence-electron chi connectivity index (χ4n) is 4.95. The molecule has 1 saturated carbocycles. The fourth-order valence-corrected chi connectivity index (χ4v) is 5.59. The largest absolute Gasteiger partial charge is 0.463 e. The minimum atomic E-state index is -0.525. The minimum absolute atomic E-state index is 0.0995. The third-order valence-corrected chi connectivity index (χ3v) is 7.79. The van der Waals surface area contributed by atoms with Gasteiger partial charge in [0, 0.05) is 24.4 Å². The zero-order valence-electron chi connectivity index (χ0n) is 19.3. The quantitative estimate of drug-likeness (QED) is 0.685. The van der Waals surface area contributed by atoms with Gasteiger partial charge in [0.25, 0.3) is 6.02 Å². The van der Waals surface area contributed by atoms with Crippen molar-refractivity contribution >= 4 is 29.2 Å². The number of nitrogens with one attached hydrogen (secondary N) is 1. The molecule has 0 unspecified atom stereocenters. The highest BCUT2D eigenvalue weighted by molar-refractivity contribution is 7.09. The molecule has 3 heterocycles. The third kappa shape index (κ3) is 5.82. The highest BCUT2D eigenvalue weighted by Gasteiger charge is 2.38. The summed E-state index contributed by atoms with van der Waals surface area (Å²) in [5.41, 5.74) is 0. The molecular formula is C24H36N4O3S. The van der Waals surface area contributed by atoms with Crippen LogP contribution in [0.5, 0.6) is 0 Å². The summed E-state index contributed by atoms with van der Waals surface area (Å²) in [5, 5.41) is 5.05. The molecule has 0 aromatic carbocycles. The first-order valence-corrected chi connectivity index (χ1v) is 12.9. The van der Waals surface area contributed by atoms with Crippen LogP contribution < -0.4 is 5.32 Å². The highest BCUT2D eigenvalue weighted by Crippen LogP contribution is 2.30. The molecule has 1 aromatic rings. The maximum Gasteiger partial charge on any atom is 0.287 e. The summed E-state index contributed by atoms with van der Waals surface area (Å²) in [7, 11) is 0. The summed E-state index contributed by atoms with van der Waals surface area (Å²) in [6.07, 6.45) is 6.45. The van der Waals surface area contributed by atoms with Crippen molar-refractivity contribution in [2.45, 2.75) is 71.0 Å². The van der Waals surface area contributed by atoms with Crippen molar-refractivity contribution in [2.75, 3.05) is 26.2 Å². The Balaban J connectivity index is 1.42. The zero-order valence-corrected chi connectivity index (χ0v) is 20.1. The first-order valence-electron chi connectivity index (χ1n) is 12.0. The van der Waals surface area contributed by atoms with Crippen molar-refractivity contribution in [3.8, 4) is 0 Å². The monoisotopic (exact) mass is 460 g/mol. The van der Waals surface area contributed by atoms with Crippen LogP contribution in [0.1, 0.15) is 57.2 Å². The molecule has 0 spiro atoms. The average Bonchev–Trinajstić information content (AvgIpc) is 3.42. The first kappa shape index (κ1) is 23.1. The summed E-state index contributed by atoms with van der Waals surface area (Å²) in [6.45, 7) is 6.99. The van der Waals surface area contributed by atoms with Crippen LogP contribution in [0.3, 0.4) is 0 Å². The molecule has 7 nitrogen and oxygen atoms in total. The maximum atomic E-state index is 13.4. The number of aliphatic imine (C=N–C) groups is 1. The molecule has 2 amide bonds. The normalized spacial score (nSPS) is 28.6. The van der Waals surface area contributed by atoms with Gasteiger partial charge < -0.3 is 19.9 Å². The summed E-state index contributed by atoms with van der Waals surface area (Å²) >= 11 is 1.62. The van der Waals surface area contributed by atoms with Gasteiger partial charge in [0.15, 0.2) is 0 Å². The standard InChI is InChI=1S/C24H36N4O3S/c1-17-5-3-6-19(9-8-17)13-22(29)28-11-10-27(24-26-18(2)16-31-24)15-21(28)23(30)25-14-20-7-4-12-32-20/h4,7,12,17-19,21H,3,5-6,8-11,13-16H2,1-2H3,(H,25,30)/t17-,18+,19-,21+/m1/s1. The van der Waals surface area contributed by atoms with E-state index in [0.29, 0.717) is 51.1 Å². The van der Waals surface area contributed by atoms with Gasteiger partial charge in [-0.05, 0) is 43.0 Å². The van der Waals surface area contributed by atoms with Crippen LogP contribution in [0.2, 0.25) is 0 Å². The van der Waals surface area contributed by atoms with E-state index in [2.05, 4.69) is 17.2 Å². The number of piperazine rings is 1. The van der Waals surface area contributed by atoms with Crippen LogP contribution >= 0.6 is 11.3 Å². The number of hydrogen-bond donors (Lipinski definition) is 1. The van der Waals surface area contributed by atoms with E-state index in [1.165, 1.54) is 19.3 Å². The molecule has 0 bridgehead atoms. The Bertz CT molecular complexity index is 812. The molecule has 0 radical (unpaired) electrons. The van der Waals surface area contributed by atoms with E-state index >= 15 is 0 Å². The summed E-state index contributed by atoms with van der Waals surface area (Å²) in [5.74, 6) is 1.20. The van der Waals surface area contributed by atoms with Gasteiger partial charge in [0.1, 0.15) is 12.6 Å².